The fourth-order valence-corrected chi connectivity index (χ4v) is 2.85. The van der Waals surface area contributed by atoms with E-state index in [0.29, 0.717) is 20.8 Å². The quantitative estimate of drug-likeness (QED) is 0.785. The number of ether oxygens (including phenoxy) is 1. The van der Waals surface area contributed by atoms with Crippen LogP contribution < -0.4 is 0 Å². The monoisotopic (exact) mass is 309 g/mol. The second-order valence-corrected chi connectivity index (χ2v) is 5.83. The molecule has 0 aliphatic carbocycles. The van der Waals surface area contributed by atoms with Crippen molar-refractivity contribution >= 4 is 46.4 Å². The summed E-state index contributed by atoms with van der Waals surface area (Å²) in [4.78, 5) is 24.9. The van der Waals surface area contributed by atoms with Gasteiger partial charge >= 0.3 is 5.97 Å². The Labute approximate surface area is 119 Å². The van der Waals surface area contributed by atoms with Gasteiger partial charge in [0, 0.05) is 6.54 Å². The second-order valence-electron chi connectivity index (χ2n) is 3.54. The van der Waals surface area contributed by atoms with Gasteiger partial charge in [0.25, 0.3) is 5.91 Å². The lowest BCUT2D eigenvalue weighted by Gasteiger charge is -2.20. The van der Waals surface area contributed by atoms with Crippen LogP contribution in [0.25, 0.3) is 0 Å². The molecule has 0 saturated heterocycles. The number of hydrogen-bond acceptors (Lipinski definition) is 4. The highest BCUT2D eigenvalue weighted by Gasteiger charge is 2.22. The fraction of sp³-hybridized carbons (Fsp3) is 0.455. The first-order chi connectivity index (χ1) is 8.49. The highest BCUT2D eigenvalue weighted by Crippen LogP contribution is 2.31. The number of amides is 1. The fourth-order valence-electron chi connectivity index (χ4n) is 1.40. The maximum absolute atomic E-state index is 12.2. The van der Waals surface area contributed by atoms with Crippen molar-refractivity contribution in [1.29, 1.82) is 0 Å². The highest BCUT2D eigenvalue weighted by molar-refractivity contribution is 7.20. The zero-order valence-corrected chi connectivity index (χ0v) is 12.4. The molecule has 0 bridgehead atoms. The molecule has 0 radical (unpaired) electrons. The third-order valence-corrected chi connectivity index (χ3v) is 3.70. The van der Waals surface area contributed by atoms with Crippen LogP contribution in [0, 0.1) is 0 Å². The Kier molecular flexibility index (Phi) is 5.91. The number of nitrogens with zero attached hydrogens (tertiary/aromatic N) is 1. The number of esters is 1. The molecule has 1 rings (SSSR count). The Morgan fingerprint density at radius 1 is 1.44 bits per heavy atom. The van der Waals surface area contributed by atoms with Gasteiger partial charge in [-0.1, -0.05) is 30.1 Å². The Hall–Kier alpha value is -0.780. The largest absolute Gasteiger partial charge is 0.468 e. The van der Waals surface area contributed by atoms with Gasteiger partial charge in [0.15, 0.2) is 0 Å². The predicted octanol–water partition coefficient (Wildman–Crippen LogP) is 3.08. The molecule has 18 heavy (non-hydrogen) atoms. The van der Waals surface area contributed by atoms with E-state index in [9.17, 15) is 9.59 Å². The molecule has 0 N–H and O–H groups in total. The molecule has 0 fully saturated rings. The van der Waals surface area contributed by atoms with Crippen molar-refractivity contribution in [3.05, 3.63) is 20.3 Å². The zero-order chi connectivity index (χ0) is 13.7. The Morgan fingerprint density at radius 2 is 2.11 bits per heavy atom. The van der Waals surface area contributed by atoms with Crippen LogP contribution in [0.5, 0.6) is 0 Å². The minimum absolute atomic E-state index is 0.0903. The number of thiophene rings is 1. The lowest BCUT2D eigenvalue weighted by molar-refractivity contribution is -0.141. The molecule has 0 aliphatic heterocycles. The van der Waals surface area contributed by atoms with Crippen LogP contribution in [0.4, 0.5) is 0 Å². The number of halogens is 2. The highest BCUT2D eigenvalue weighted by atomic mass is 35.5. The molecule has 100 valence electrons. The van der Waals surface area contributed by atoms with Crippen LogP contribution in [-0.4, -0.2) is 37.0 Å². The van der Waals surface area contributed by atoms with E-state index in [1.54, 1.807) is 0 Å². The van der Waals surface area contributed by atoms with Gasteiger partial charge in [-0.15, -0.1) is 11.3 Å². The van der Waals surface area contributed by atoms with E-state index in [4.69, 9.17) is 23.2 Å². The van der Waals surface area contributed by atoms with Gasteiger partial charge in [-0.05, 0) is 12.5 Å². The minimum atomic E-state index is -0.464. The van der Waals surface area contributed by atoms with Gasteiger partial charge in [0.2, 0.25) is 0 Å². The molecule has 0 aromatic carbocycles. The zero-order valence-electron chi connectivity index (χ0n) is 10.0. The van der Waals surface area contributed by atoms with Crippen molar-refractivity contribution in [2.24, 2.45) is 0 Å². The number of carbonyl (C=O) groups excluding carboxylic acids is 2. The summed E-state index contributed by atoms with van der Waals surface area (Å²) >= 11 is 12.8. The van der Waals surface area contributed by atoms with Crippen LogP contribution in [0.15, 0.2) is 6.07 Å². The first-order valence-corrected chi connectivity index (χ1v) is 6.87. The molecule has 1 aromatic rings. The lowest BCUT2D eigenvalue weighted by atomic mass is 10.2. The second kappa shape index (κ2) is 6.97. The Balaban J connectivity index is 2.88. The summed E-state index contributed by atoms with van der Waals surface area (Å²) in [6, 6.07) is 1.51. The molecule has 0 spiro atoms. The molecule has 0 atom stereocenters. The van der Waals surface area contributed by atoms with Gasteiger partial charge in [-0.3, -0.25) is 9.59 Å². The number of carbonyl (C=O) groups is 2. The number of rotatable bonds is 5. The molecule has 7 heteroatoms. The summed E-state index contributed by atoms with van der Waals surface area (Å²) in [5.41, 5.74) is 0.323. The van der Waals surface area contributed by atoms with Crippen molar-refractivity contribution in [3.8, 4) is 0 Å². The van der Waals surface area contributed by atoms with E-state index in [1.165, 1.54) is 18.1 Å². The van der Waals surface area contributed by atoms with Crippen molar-refractivity contribution in [2.75, 3.05) is 20.2 Å². The van der Waals surface area contributed by atoms with Gasteiger partial charge < -0.3 is 9.64 Å². The smallest absolute Gasteiger partial charge is 0.325 e. The van der Waals surface area contributed by atoms with Crippen molar-refractivity contribution < 1.29 is 14.3 Å². The summed E-state index contributed by atoms with van der Waals surface area (Å²) in [5.74, 6) is -0.773. The summed E-state index contributed by atoms with van der Waals surface area (Å²) < 4.78 is 5.33. The van der Waals surface area contributed by atoms with Gasteiger partial charge in [0.05, 0.1) is 17.0 Å². The maximum atomic E-state index is 12.2. The first-order valence-electron chi connectivity index (χ1n) is 5.30. The van der Waals surface area contributed by atoms with Crippen LogP contribution in [-0.2, 0) is 9.53 Å². The Morgan fingerprint density at radius 3 is 2.56 bits per heavy atom. The van der Waals surface area contributed by atoms with Crippen LogP contribution in [0.1, 0.15) is 23.7 Å². The van der Waals surface area contributed by atoms with E-state index in [-0.39, 0.29) is 12.5 Å². The standard InChI is InChI=1S/C11H13Cl2NO3S/c1-3-4-14(6-9(15)17-2)11(16)7-5-8(12)18-10(7)13/h5H,3-4,6H2,1-2H3. The average molecular weight is 310 g/mol. The van der Waals surface area contributed by atoms with Crippen molar-refractivity contribution in [3.63, 3.8) is 0 Å². The molecule has 0 unspecified atom stereocenters. The number of hydrogen-bond donors (Lipinski definition) is 0. The minimum Gasteiger partial charge on any atom is -0.468 e. The number of methoxy groups -OCH3 is 1. The molecule has 1 heterocycles. The summed E-state index contributed by atoms with van der Waals surface area (Å²) in [5, 5.41) is 0. The van der Waals surface area contributed by atoms with Crippen LogP contribution >= 0.6 is 34.5 Å². The molecular weight excluding hydrogens is 297 g/mol. The Bertz CT molecular complexity index is 447. The molecule has 1 amide bonds. The average Bonchev–Trinajstić information content (AvgIpc) is 2.66. The third kappa shape index (κ3) is 3.86. The summed E-state index contributed by atoms with van der Waals surface area (Å²) in [7, 11) is 1.28. The summed E-state index contributed by atoms with van der Waals surface area (Å²) in [6.07, 6.45) is 0.734. The molecule has 1 aromatic heterocycles. The maximum Gasteiger partial charge on any atom is 0.325 e. The van der Waals surface area contributed by atoms with E-state index in [2.05, 4.69) is 4.74 Å². The molecule has 0 aliphatic rings. The predicted molar refractivity (Wildman–Crippen MR) is 72.5 cm³/mol. The van der Waals surface area contributed by atoms with E-state index < -0.39 is 5.97 Å². The molecule has 4 nitrogen and oxygen atoms in total. The topological polar surface area (TPSA) is 46.6 Å². The van der Waals surface area contributed by atoms with Gasteiger partial charge in [-0.25, -0.2) is 0 Å². The molecular formula is C11H13Cl2NO3S. The first kappa shape index (κ1) is 15.3. The third-order valence-electron chi connectivity index (χ3n) is 2.22. The normalized spacial score (nSPS) is 10.2. The molecule has 0 saturated carbocycles. The van der Waals surface area contributed by atoms with Crippen molar-refractivity contribution in [1.82, 2.24) is 4.90 Å². The van der Waals surface area contributed by atoms with Crippen LogP contribution in [0.2, 0.25) is 8.67 Å². The van der Waals surface area contributed by atoms with Crippen LogP contribution in [0.3, 0.4) is 0 Å². The van der Waals surface area contributed by atoms with Crippen molar-refractivity contribution in [2.45, 2.75) is 13.3 Å². The summed E-state index contributed by atoms with van der Waals surface area (Å²) in [6.45, 7) is 2.28. The SMILES string of the molecule is CCCN(CC(=O)OC)C(=O)c1cc(Cl)sc1Cl. The van der Waals surface area contributed by atoms with Gasteiger partial charge in [-0.2, -0.15) is 0 Å². The van der Waals surface area contributed by atoms with Gasteiger partial charge in [0.1, 0.15) is 10.9 Å². The lowest BCUT2D eigenvalue weighted by Crippen LogP contribution is -2.36. The van der Waals surface area contributed by atoms with E-state index >= 15 is 0 Å². The van der Waals surface area contributed by atoms with E-state index in [0.717, 1.165) is 17.8 Å². The van der Waals surface area contributed by atoms with E-state index in [1.807, 2.05) is 6.92 Å².